The summed E-state index contributed by atoms with van der Waals surface area (Å²) in [5, 5.41) is 2.82. The normalized spacial score (nSPS) is 15.1. The van der Waals surface area contributed by atoms with Crippen LogP contribution in [0, 0.1) is 0 Å². The van der Waals surface area contributed by atoms with Gasteiger partial charge in [0, 0.05) is 6.04 Å². The first-order valence-corrected chi connectivity index (χ1v) is 5.13. The predicted octanol–water partition coefficient (Wildman–Crippen LogP) is 0.540. The molecule has 5 nitrogen and oxygen atoms in total. The third-order valence-electron chi connectivity index (χ3n) is 1.13. The van der Waals surface area contributed by atoms with E-state index in [0.29, 0.717) is 6.42 Å². The Balaban J connectivity index is 4.01. The molecule has 0 aromatic rings. The number of rotatable bonds is 5. The van der Waals surface area contributed by atoms with Gasteiger partial charge in [-0.2, -0.15) is 8.42 Å². The van der Waals surface area contributed by atoms with Crippen molar-refractivity contribution in [3.63, 3.8) is 0 Å². The summed E-state index contributed by atoms with van der Waals surface area (Å²) in [7, 11) is -4.34. The van der Waals surface area contributed by atoms with Crippen molar-refractivity contribution < 1.29 is 17.2 Å². The van der Waals surface area contributed by atoms with Crippen LogP contribution in [0.15, 0.2) is 0 Å². The highest BCUT2D eigenvalue weighted by atomic mass is 32.3. The average molecular weight is 197 g/mol. The summed E-state index contributed by atoms with van der Waals surface area (Å²) in [4.78, 5) is 0. The van der Waals surface area contributed by atoms with Gasteiger partial charge in [0.1, 0.15) is 6.23 Å². The van der Waals surface area contributed by atoms with Crippen LogP contribution in [0.4, 0.5) is 0 Å². The third kappa shape index (κ3) is 6.53. The summed E-state index contributed by atoms with van der Waals surface area (Å²) in [5.74, 6) is 0. The van der Waals surface area contributed by atoms with Crippen LogP contribution in [0.5, 0.6) is 0 Å². The highest BCUT2D eigenvalue weighted by molar-refractivity contribution is 7.80. The van der Waals surface area contributed by atoms with E-state index >= 15 is 0 Å². The Morgan fingerprint density at radius 3 is 2.25 bits per heavy atom. The zero-order valence-corrected chi connectivity index (χ0v) is 8.26. The molecule has 0 spiro atoms. The highest BCUT2D eigenvalue weighted by Gasteiger charge is 2.15. The minimum Gasteiger partial charge on any atom is -0.289 e. The van der Waals surface area contributed by atoms with Gasteiger partial charge in [-0.15, -0.1) is 0 Å². The van der Waals surface area contributed by atoms with Crippen LogP contribution in [0.3, 0.4) is 0 Å². The van der Waals surface area contributed by atoms with Crippen LogP contribution < -0.4 is 5.32 Å². The molecule has 0 aliphatic carbocycles. The first-order chi connectivity index (χ1) is 5.35. The van der Waals surface area contributed by atoms with Gasteiger partial charge in [-0.25, -0.2) is 4.18 Å². The second-order valence-electron chi connectivity index (χ2n) is 2.74. The van der Waals surface area contributed by atoms with Crippen molar-refractivity contribution in [3.8, 4) is 0 Å². The second kappa shape index (κ2) is 4.76. The summed E-state index contributed by atoms with van der Waals surface area (Å²) in [6, 6.07) is 0.108. The van der Waals surface area contributed by atoms with Crippen LogP contribution >= 0.6 is 0 Å². The summed E-state index contributed by atoms with van der Waals surface area (Å²) < 4.78 is 33.2. The van der Waals surface area contributed by atoms with Crippen LogP contribution in [0.1, 0.15) is 27.2 Å². The van der Waals surface area contributed by atoms with Crippen LogP contribution in [-0.4, -0.2) is 25.2 Å². The summed E-state index contributed by atoms with van der Waals surface area (Å²) in [6.07, 6.45) is -0.183. The Morgan fingerprint density at radius 1 is 1.50 bits per heavy atom. The Morgan fingerprint density at radius 2 is 2.00 bits per heavy atom. The Hall–Kier alpha value is -0.170. The van der Waals surface area contributed by atoms with Gasteiger partial charge >= 0.3 is 10.4 Å². The third-order valence-corrected chi connectivity index (χ3v) is 1.60. The summed E-state index contributed by atoms with van der Waals surface area (Å²) in [6.45, 7) is 5.47. The molecule has 0 saturated carbocycles. The molecule has 0 rings (SSSR count). The van der Waals surface area contributed by atoms with E-state index in [-0.39, 0.29) is 6.04 Å². The molecular formula is C6H15NO4S. The zero-order chi connectivity index (χ0) is 9.78. The molecule has 0 aromatic heterocycles. The fourth-order valence-electron chi connectivity index (χ4n) is 0.732. The van der Waals surface area contributed by atoms with E-state index < -0.39 is 16.6 Å². The maximum atomic E-state index is 10.3. The van der Waals surface area contributed by atoms with Gasteiger partial charge in [0.2, 0.25) is 0 Å². The molecule has 74 valence electrons. The maximum Gasteiger partial charge on any atom is 0.398 e. The quantitative estimate of drug-likeness (QED) is 0.497. The fraction of sp³-hybridized carbons (Fsp3) is 1.00. The molecule has 12 heavy (non-hydrogen) atoms. The Kier molecular flexibility index (Phi) is 4.69. The minimum atomic E-state index is -4.34. The molecule has 0 heterocycles. The molecule has 0 aliphatic heterocycles. The van der Waals surface area contributed by atoms with Gasteiger partial charge < -0.3 is 0 Å². The first kappa shape index (κ1) is 11.8. The van der Waals surface area contributed by atoms with Gasteiger partial charge in [0.05, 0.1) is 0 Å². The van der Waals surface area contributed by atoms with Crippen molar-refractivity contribution in [1.29, 1.82) is 0 Å². The van der Waals surface area contributed by atoms with Crippen molar-refractivity contribution in [2.75, 3.05) is 0 Å². The van der Waals surface area contributed by atoms with Crippen molar-refractivity contribution in [2.24, 2.45) is 0 Å². The molecule has 0 fully saturated rings. The number of nitrogens with one attached hydrogen (secondary N) is 1. The van der Waals surface area contributed by atoms with E-state index in [0.717, 1.165) is 0 Å². The highest BCUT2D eigenvalue weighted by Crippen LogP contribution is 1.99. The zero-order valence-electron chi connectivity index (χ0n) is 7.44. The van der Waals surface area contributed by atoms with E-state index in [9.17, 15) is 8.42 Å². The molecule has 0 aromatic carbocycles. The van der Waals surface area contributed by atoms with E-state index in [1.165, 1.54) is 0 Å². The molecule has 0 radical (unpaired) electrons. The standard InChI is InChI=1S/C6H15NO4S/c1-4-6(7-5(2)3)11-12(8,9)10/h5-7H,4H2,1-3H3,(H,8,9,10). The lowest BCUT2D eigenvalue weighted by atomic mass is 10.3. The molecule has 0 amide bonds. The van der Waals surface area contributed by atoms with Gasteiger partial charge in [-0.05, 0) is 20.3 Å². The lowest BCUT2D eigenvalue weighted by molar-refractivity contribution is 0.136. The van der Waals surface area contributed by atoms with E-state index in [1.54, 1.807) is 6.92 Å². The van der Waals surface area contributed by atoms with E-state index in [1.807, 2.05) is 13.8 Å². The summed E-state index contributed by atoms with van der Waals surface area (Å²) in [5.41, 5.74) is 0. The lowest BCUT2D eigenvalue weighted by Crippen LogP contribution is -2.37. The molecule has 0 bridgehead atoms. The molecule has 2 N–H and O–H groups in total. The molecule has 1 atom stereocenters. The van der Waals surface area contributed by atoms with Gasteiger partial charge in [-0.3, -0.25) is 9.87 Å². The molecule has 0 saturated heterocycles. The molecule has 1 unspecified atom stereocenters. The Bertz CT molecular complexity index is 212. The molecule has 6 heteroatoms. The largest absolute Gasteiger partial charge is 0.398 e. The van der Waals surface area contributed by atoms with Crippen LogP contribution in [0.2, 0.25) is 0 Å². The molecule has 0 aliphatic rings. The van der Waals surface area contributed by atoms with Gasteiger partial charge in [-0.1, -0.05) is 6.92 Å². The first-order valence-electron chi connectivity index (χ1n) is 3.77. The summed E-state index contributed by atoms with van der Waals surface area (Å²) >= 11 is 0. The van der Waals surface area contributed by atoms with E-state index in [4.69, 9.17) is 4.55 Å². The van der Waals surface area contributed by atoms with Crippen LogP contribution in [0.25, 0.3) is 0 Å². The van der Waals surface area contributed by atoms with Crippen molar-refractivity contribution in [2.45, 2.75) is 39.5 Å². The number of hydrogen-bond acceptors (Lipinski definition) is 4. The van der Waals surface area contributed by atoms with Crippen molar-refractivity contribution in [1.82, 2.24) is 5.32 Å². The minimum absolute atomic E-state index is 0.108. The molecular weight excluding hydrogens is 182 g/mol. The van der Waals surface area contributed by atoms with Crippen LogP contribution in [-0.2, 0) is 14.6 Å². The smallest absolute Gasteiger partial charge is 0.289 e. The van der Waals surface area contributed by atoms with Gasteiger partial charge in [0.25, 0.3) is 0 Å². The predicted molar refractivity (Wildman–Crippen MR) is 45.0 cm³/mol. The number of hydrogen-bond donors (Lipinski definition) is 2. The fourth-order valence-corrected chi connectivity index (χ4v) is 1.22. The lowest BCUT2D eigenvalue weighted by Gasteiger charge is -2.17. The average Bonchev–Trinajstić information content (AvgIpc) is 1.82. The SMILES string of the molecule is CCC(NC(C)C)OS(=O)(=O)O. The van der Waals surface area contributed by atoms with Crippen molar-refractivity contribution in [3.05, 3.63) is 0 Å². The second-order valence-corrected chi connectivity index (χ2v) is 3.79. The van der Waals surface area contributed by atoms with Gasteiger partial charge in [0.15, 0.2) is 0 Å². The van der Waals surface area contributed by atoms with E-state index in [2.05, 4.69) is 9.50 Å². The Labute approximate surface area is 73.1 Å². The van der Waals surface area contributed by atoms with Crippen molar-refractivity contribution >= 4 is 10.4 Å². The maximum absolute atomic E-state index is 10.3. The monoisotopic (exact) mass is 197 g/mol. The topological polar surface area (TPSA) is 75.6 Å².